The number of hydrogen-bond donors (Lipinski definition) is 0. The molecule has 0 amide bonds. The average molecular weight is 230 g/mol. The summed E-state index contributed by atoms with van der Waals surface area (Å²) < 4.78 is 0. The second-order valence-electron chi connectivity index (χ2n) is 5.52. The van der Waals surface area contributed by atoms with Crippen molar-refractivity contribution in [2.45, 2.75) is 38.3 Å². The molecule has 3 rings (SSSR count). The van der Waals surface area contributed by atoms with Crippen molar-refractivity contribution in [3.8, 4) is 0 Å². The molecule has 0 N–H and O–H groups in total. The number of benzene rings is 1. The number of rotatable bonds is 1. The van der Waals surface area contributed by atoms with E-state index >= 15 is 0 Å². The number of para-hydroxylation sites is 2. The minimum atomic E-state index is 0.577. The topological polar surface area (TPSA) is 6.48 Å². The Morgan fingerprint density at radius 1 is 0.882 bits per heavy atom. The van der Waals surface area contributed by atoms with Gasteiger partial charge >= 0.3 is 0 Å². The lowest BCUT2D eigenvalue weighted by Crippen LogP contribution is -2.45. The Morgan fingerprint density at radius 2 is 1.41 bits per heavy atom. The van der Waals surface area contributed by atoms with Crippen LogP contribution in [0.3, 0.4) is 0 Å². The minimum Gasteiger partial charge on any atom is -0.352 e. The van der Waals surface area contributed by atoms with Crippen molar-refractivity contribution < 1.29 is 0 Å². The highest BCUT2D eigenvalue weighted by Gasteiger charge is 2.36. The summed E-state index contributed by atoms with van der Waals surface area (Å²) in [6.45, 7) is 0. The highest BCUT2D eigenvalue weighted by Crippen LogP contribution is 2.42. The van der Waals surface area contributed by atoms with Gasteiger partial charge in [0.2, 0.25) is 0 Å². The van der Waals surface area contributed by atoms with Gasteiger partial charge in [0.25, 0.3) is 0 Å². The molecule has 0 aromatic heterocycles. The highest BCUT2D eigenvalue weighted by molar-refractivity contribution is 5.76. The van der Waals surface area contributed by atoms with Crippen molar-refractivity contribution in [1.82, 2.24) is 0 Å². The van der Waals surface area contributed by atoms with Gasteiger partial charge in [-0.1, -0.05) is 31.4 Å². The Labute approximate surface area is 104 Å². The van der Waals surface area contributed by atoms with E-state index in [1.807, 2.05) is 0 Å². The number of fused-ring (bicyclic) bond motifs is 1. The van der Waals surface area contributed by atoms with E-state index in [1.165, 1.54) is 43.5 Å². The molecule has 1 heterocycles. The average Bonchev–Trinajstić information content (AvgIpc) is 2.64. The molecule has 2 nitrogen and oxygen atoms in total. The van der Waals surface area contributed by atoms with Crippen LogP contribution >= 0.6 is 0 Å². The lowest BCUT2D eigenvalue weighted by atomic mass is 9.86. The Balaban J connectivity index is 1.88. The largest absolute Gasteiger partial charge is 0.352 e. The van der Waals surface area contributed by atoms with Crippen molar-refractivity contribution >= 4 is 11.4 Å². The van der Waals surface area contributed by atoms with E-state index in [9.17, 15) is 0 Å². The van der Waals surface area contributed by atoms with Crippen molar-refractivity contribution in [2.24, 2.45) is 5.92 Å². The first-order valence-electron chi connectivity index (χ1n) is 6.84. The van der Waals surface area contributed by atoms with Gasteiger partial charge in [0.05, 0.1) is 11.4 Å². The SMILES string of the molecule is CN1c2ccccc2N(C)C1C1CCCCC1. The van der Waals surface area contributed by atoms with E-state index in [2.05, 4.69) is 48.2 Å². The quantitative estimate of drug-likeness (QED) is 0.729. The first kappa shape index (κ1) is 10.9. The smallest absolute Gasteiger partial charge is 0.104 e. The van der Waals surface area contributed by atoms with Crippen LogP contribution < -0.4 is 9.80 Å². The first-order chi connectivity index (χ1) is 8.29. The molecule has 17 heavy (non-hydrogen) atoms. The fourth-order valence-electron chi connectivity index (χ4n) is 3.67. The summed E-state index contributed by atoms with van der Waals surface area (Å²) in [6, 6.07) is 8.78. The monoisotopic (exact) mass is 230 g/mol. The third-order valence-corrected chi connectivity index (χ3v) is 4.51. The molecular weight excluding hydrogens is 208 g/mol. The summed E-state index contributed by atoms with van der Waals surface area (Å²) in [5.41, 5.74) is 2.79. The fourth-order valence-corrected chi connectivity index (χ4v) is 3.67. The molecule has 0 saturated heterocycles. The Bertz CT molecular complexity index is 367. The van der Waals surface area contributed by atoms with E-state index in [-0.39, 0.29) is 0 Å². The minimum absolute atomic E-state index is 0.577. The molecule has 0 spiro atoms. The van der Waals surface area contributed by atoms with Crippen LogP contribution in [0.15, 0.2) is 24.3 Å². The van der Waals surface area contributed by atoms with Crippen molar-refractivity contribution in [3.05, 3.63) is 24.3 Å². The fraction of sp³-hybridized carbons (Fsp3) is 0.600. The standard InChI is InChI=1S/C15H22N2/c1-16-13-10-6-7-11-14(13)17(2)15(16)12-8-4-3-5-9-12/h6-7,10-12,15H,3-5,8-9H2,1-2H3. The summed E-state index contributed by atoms with van der Waals surface area (Å²) in [5.74, 6) is 0.839. The second kappa shape index (κ2) is 4.25. The number of hydrogen-bond acceptors (Lipinski definition) is 2. The molecule has 1 aliphatic heterocycles. The van der Waals surface area contributed by atoms with Gasteiger partial charge in [0.1, 0.15) is 6.17 Å². The Morgan fingerprint density at radius 3 is 1.94 bits per heavy atom. The van der Waals surface area contributed by atoms with Crippen LogP contribution in [0.1, 0.15) is 32.1 Å². The zero-order valence-corrected chi connectivity index (χ0v) is 10.9. The molecule has 0 unspecified atom stereocenters. The third kappa shape index (κ3) is 1.70. The van der Waals surface area contributed by atoms with Gasteiger partial charge in [-0.05, 0) is 30.9 Å². The molecule has 2 heteroatoms. The van der Waals surface area contributed by atoms with Crippen LogP contribution in [-0.2, 0) is 0 Å². The normalized spacial score (nSPS) is 22.0. The maximum absolute atomic E-state index is 2.48. The van der Waals surface area contributed by atoms with Crippen molar-refractivity contribution in [2.75, 3.05) is 23.9 Å². The van der Waals surface area contributed by atoms with Gasteiger partial charge in [-0.25, -0.2) is 0 Å². The van der Waals surface area contributed by atoms with Gasteiger partial charge in [-0.3, -0.25) is 0 Å². The molecular formula is C15H22N2. The van der Waals surface area contributed by atoms with E-state index in [4.69, 9.17) is 0 Å². The Kier molecular flexibility index (Phi) is 2.73. The van der Waals surface area contributed by atoms with Gasteiger partial charge < -0.3 is 9.80 Å². The van der Waals surface area contributed by atoms with Crippen LogP contribution in [-0.4, -0.2) is 20.3 Å². The maximum atomic E-state index is 2.48. The second-order valence-corrected chi connectivity index (χ2v) is 5.52. The summed E-state index contributed by atoms with van der Waals surface area (Å²) in [5, 5.41) is 0. The predicted molar refractivity (Wildman–Crippen MR) is 73.6 cm³/mol. The molecule has 92 valence electrons. The van der Waals surface area contributed by atoms with Gasteiger partial charge in [-0.2, -0.15) is 0 Å². The molecule has 2 aliphatic rings. The predicted octanol–water partition coefficient (Wildman–Crippen LogP) is 3.48. The van der Waals surface area contributed by atoms with Gasteiger partial charge in [0.15, 0.2) is 0 Å². The van der Waals surface area contributed by atoms with Crippen LogP contribution in [0, 0.1) is 5.92 Å². The lowest BCUT2D eigenvalue weighted by molar-refractivity contribution is 0.302. The van der Waals surface area contributed by atoms with Crippen LogP contribution in [0.2, 0.25) is 0 Å². The molecule has 1 aliphatic carbocycles. The summed E-state index contributed by atoms with van der Waals surface area (Å²) >= 11 is 0. The maximum Gasteiger partial charge on any atom is 0.104 e. The van der Waals surface area contributed by atoms with Crippen molar-refractivity contribution in [3.63, 3.8) is 0 Å². The molecule has 1 fully saturated rings. The van der Waals surface area contributed by atoms with Crippen LogP contribution in [0.4, 0.5) is 11.4 Å². The van der Waals surface area contributed by atoms with Crippen LogP contribution in [0.5, 0.6) is 0 Å². The van der Waals surface area contributed by atoms with E-state index < -0.39 is 0 Å². The number of nitrogens with zero attached hydrogens (tertiary/aromatic N) is 2. The summed E-state index contributed by atoms with van der Waals surface area (Å²) in [4.78, 5) is 4.96. The molecule has 1 aromatic carbocycles. The van der Waals surface area contributed by atoms with Crippen molar-refractivity contribution in [1.29, 1.82) is 0 Å². The van der Waals surface area contributed by atoms with E-state index in [0.29, 0.717) is 6.17 Å². The molecule has 0 bridgehead atoms. The zero-order chi connectivity index (χ0) is 11.8. The molecule has 0 radical (unpaired) electrons. The lowest BCUT2D eigenvalue weighted by Gasteiger charge is -2.37. The highest BCUT2D eigenvalue weighted by atomic mass is 15.4. The van der Waals surface area contributed by atoms with Gasteiger partial charge in [0, 0.05) is 14.1 Å². The van der Waals surface area contributed by atoms with E-state index in [1.54, 1.807) is 0 Å². The van der Waals surface area contributed by atoms with E-state index in [0.717, 1.165) is 5.92 Å². The summed E-state index contributed by atoms with van der Waals surface area (Å²) in [7, 11) is 4.50. The first-order valence-corrected chi connectivity index (χ1v) is 6.84. The number of anilines is 2. The zero-order valence-electron chi connectivity index (χ0n) is 10.9. The van der Waals surface area contributed by atoms with Gasteiger partial charge in [-0.15, -0.1) is 0 Å². The molecule has 1 saturated carbocycles. The molecule has 1 aromatic rings. The Hall–Kier alpha value is -1.18. The summed E-state index contributed by atoms with van der Waals surface area (Å²) in [6.07, 6.45) is 7.63. The van der Waals surface area contributed by atoms with Crippen LogP contribution in [0.25, 0.3) is 0 Å². The third-order valence-electron chi connectivity index (χ3n) is 4.51. The molecule has 0 atom stereocenters.